The molecule has 0 aromatic carbocycles. The molecule has 0 amide bonds. The second kappa shape index (κ2) is 5.32. The Morgan fingerprint density at radius 2 is 2.45 bits per heavy atom. The molecule has 1 unspecified atom stereocenters. The molecule has 0 radical (unpaired) electrons. The lowest BCUT2D eigenvalue weighted by atomic mass is 10.2. The maximum atomic E-state index is 5.61. The Labute approximate surface area is 81.8 Å². The van der Waals surface area contributed by atoms with E-state index in [2.05, 4.69) is 29.5 Å². The number of alkyl halides is 1. The predicted molar refractivity (Wildman–Crippen MR) is 53.0 cm³/mol. The van der Waals surface area contributed by atoms with E-state index >= 15 is 0 Å². The largest absolute Gasteiger partial charge is 0.353 e. The van der Waals surface area contributed by atoms with Gasteiger partial charge in [0, 0.05) is 11.0 Å². The van der Waals surface area contributed by atoms with Gasteiger partial charge in [0.15, 0.2) is 6.29 Å². The zero-order chi connectivity index (χ0) is 8.10. The summed E-state index contributed by atoms with van der Waals surface area (Å²) >= 11 is 2.33. The SMILES string of the molecule is CC(CI)O[C@@H]1CCCCO1. The lowest BCUT2D eigenvalue weighted by molar-refractivity contribution is -0.179. The van der Waals surface area contributed by atoms with E-state index in [0.717, 1.165) is 17.5 Å². The lowest BCUT2D eigenvalue weighted by Gasteiger charge is -2.25. The monoisotopic (exact) mass is 270 g/mol. The van der Waals surface area contributed by atoms with E-state index in [9.17, 15) is 0 Å². The van der Waals surface area contributed by atoms with Crippen molar-refractivity contribution >= 4 is 22.6 Å². The van der Waals surface area contributed by atoms with Crippen LogP contribution in [0.2, 0.25) is 0 Å². The fourth-order valence-corrected chi connectivity index (χ4v) is 1.32. The van der Waals surface area contributed by atoms with Gasteiger partial charge in [0.05, 0.1) is 6.10 Å². The second-order valence-electron chi connectivity index (χ2n) is 2.90. The van der Waals surface area contributed by atoms with Gasteiger partial charge in [-0.3, -0.25) is 0 Å². The highest BCUT2D eigenvalue weighted by Gasteiger charge is 2.16. The quantitative estimate of drug-likeness (QED) is 0.579. The maximum Gasteiger partial charge on any atom is 0.157 e. The standard InChI is InChI=1S/C8H15IO2/c1-7(6-9)11-8-4-2-3-5-10-8/h7-8H,2-6H2,1H3/t7?,8-/m1/s1. The first-order valence-electron chi connectivity index (χ1n) is 4.16. The molecule has 0 saturated carbocycles. The van der Waals surface area contributed by atoms with Gasteiger partial charge < -0.3 is 9.47 Å². The van der Waals surface area contributed by atoms with Crippen molar-refractivity contribution in [2.24, 2.45) is 0 Å². The molecule has 1 fully saturated rings. The van der Waals surface area contributed by atoms with Crippen LogP contribution in [0.1, 0.15) is 26.2 Å². The third-order valence-electron chi connectivity index (χ3n) is 1.74. The molecule has 0 bridgehead atoms. The van der Waals surface area contributed by atoms with Gasteiger partial charge in [0.2, 0.25) is 0 Å². The Morgan fingerprint density at radius 3 is 3.00 bits per heavy atom. The molecular formula is C8H15IO2. The molecule has 0 N–H and O–H groups in total. The van der Waals surface area contributed by atoms with E-state index in [1.807, 2.05) is 0 Å². The van der Waals surface area contributed by atoms with Crippen LogP contribution in [0, 0.1) is 0 Å². The molecule has 1 heterocycles. The van der Waals surface area contributed by atoms with Gasteiger partial charge in [-0.25, -0.2) is 0 Å². The fourth-order valence-electron chi connectivity index (χ4n) is 1.11. The van der Waals surface area contributed by atoms with Crippen molar-refractivity contribution in [2.75, 3.05) is 11.0 Å². The lowest BCUT2D eigenvalue weighted by Crippen LogP contribution is -2.27. The smallest absolute Gasteiger partial charge is 0.157 e. The summed E-state index contributed by atoms with van der Waals surface area (Å²) in [5, 5.41) is 0. The normalized spacial score (nSPS) is 28.4. The Kier molecular flexibility index (Phi) is 4.71. The average molecular weight is 270 g/mol. The van der Waals surface area contributed by atoms with Crippen LogP contribution >= 0.6 is 22.6 Å². The van der Waals surface area contributed by atoms with Crippen LogP contribution in [0.15, 0.2) is 0 Å². The van der Waals surface area contributed by atoms with Crippen molar-refractivity contribution in [3.8, 4) is 0 Å². The van der Waals surface area contributed by atoms with Crippen LogP contribution in [0.25, 0.3) is 0 Å². The Hall–Kier alpha value is 0.650. The molecule has 1 aliphatic rings. The summed E-state index contributed by atoms with van der Waals surface area (Å²) in [7, 11) is 0. The second-order valence-corrected chi connectivity index (χ2v) is 3.78. The minimum atomic E-state index is 0.0773. The molecule has 2 atom stereocenters. The average Bonchev–Trinajstić information content (AvgIpc) is 2.06. The highest BCUT2D eigenvalue weighted by Crippen LogP contribution is 2.15. The van der Waals surface area contributed by atoms with Crippen molar-refractivity contribution < 1.29 is 9.47 Å². The number of hydrogen-bond acceptors (Lipinski definition) is 2. The Morgan fingerprint density at radius 1 is 1.64 bits per heavy atom. The first kappa shape index (κ1) is 9.74. The van der Waals surface area contributed by atoms with E-state index in [0.29, 0.717) is 6.10 Å². The predicted octanol–water partition coefficient (Wildman–Crippen LogP) is 2.35. The molecule has 0 spiro atoms. The minimum Gasteiger partial charge on any atom is -0.353 e. The minimum absolute atomic E-state index is 0.0773. The number of rotatable bonds is 3. The van der Waals surface area contributed by atoms with Crippen LogP contribution in [-0.2, 0) is 9.47 Å². The molecule has 2 nitrogen and oxygen atoms in total. The van der Waals surface area contributed by atoms with Gasteiger partial charge in [-0.2, -0.15) is 0 Å². The van der Waals surface area contributed by atoms with Crippen molar-refractivity contribution in [2.45, 2.75) is 38.6 Å². The van der Waals surface area contributed by atoms with Gasteiger partial charge in [-0.05, 0) is 26.2 Å². The first-order chi connectivity index (χ1) is 5.33. The summed E-state index contributed by atoms with van der Waals surface area (Å²) in [4.78, 5) is 0. The fraction of sp³-hybridized carbons (Fsp3) is 1.00. The zero-order valence-electron chi connectivity index (χ0n) is 6.88. The number of hydrogen-bond donors (Lipinski definition) is 0. The number of halogens is 1. The van der Waals surface area contributed by atoms with Gasteiger partial charge in [0.25, 0.3) is 0 Å². The highest BCUT2D eigenvalue weighted by molar-refractivity contribution is 14.1. The molecule has 1 saturated heterocycles. The topological polar surface area (TPSA) is 18.5 Å². The first-order valence-corrected chi connectivity index (χ1v) is 5.68. The van der Waals surface area contributed by atoms with Crippen LogP contribution in [0.5, 0.6) is 0 Å². The van der Waals surface area contributed by atoms with Crippen molar-refractivity contribution in [1.29, 1.82) is 0 Å². The summed E-state index contributed by atoms with van der Waals surface area (Å²) in [6.45, 7) is 2.96. The van der Waals surface area contributed by atoms with Gasteiger partial charge in [-0.15, -0.1) is 0 Å². The molecule has 1 aliphatic heterocycles. The molecule has 0 aliphatic carbocycles. The Balaban J connectivity index is 2.13. The van der Waals surface area contributed by atoms with E-state index in [4.69, 9.17) is 9.47 Å². The molecule has 0 aromatic heterocycles. The van der Waals surface area contributed by atoms with Crippen LogP contribution in [0.4, 0.5) is 0 Å². The van der Waals surface area contributed by atoms with Crippen LogP contribution < -0.4 is 0 Å². The van der Waals surface area contributed by atoms with E-state index < -0.39 is 0 Å². The zero-order valence-corrected chi connectivity index (χ0v) is 9.04. The van der Waals surface area contributed by atoms with E-state index in [-0.39, 0.29) is 6.29 Å². The molecule has 0 aromatic rings. The summed E-state index contributed by atoms with van der Waals surface area (Å²) in [5.74, 6) is 0. The molecule has 11 heavy (non-hydrogen) atoms. The van der Waals surface area contributed by atoms with E-state index in [1.54, 1.807) is 0 Å². The van der Waals surface area contributed by atoms with Crippen LogP contribution in [0.3, 0.4) is 0 Å². The van der Waals surface area contributed by atoms with Crippen molar-refractivity contribution in [3.63, 3.8) is 0 Å². The molecule has 1 rings (SSSR count). The van der Waals surface area contributed by atoms with Crippen LogP contribution in [-0.4, -0.2) is 23.4 Å². The van der Waals surface area contributed by atoms with Crippen molar-refractivity contribution in [1.82, 2.24) is 0 Å². The molecule has 3 heteroatoms. The highest BCUT2D eigenvalue weighted by atomic mass is 127. The molecule has 66 valence electrons. The Bertz CT molecular complexity index is 102. The van der Waals surface area contributed by atoms with Gasteiger partial charge in [-0.1, -0.05) is 22.6 Å². The van der Waals surface area contributed by atoms with Gasteiger partial charge in [0.1, 0.15) is 0 Å². The summed E-state index contributed by atoms with van der Waals surface area (Å²) in [6.07, 6.45) is 3.92. The number of ether oxygens (including phenoxy) is 2. The third kappa shape index (κ3) is 3.71. The van der Waals surface area contributed by atoms with Gasteiger partial charge >= 0.3 is 0 Å². The molecular weight excluding hydrogens is 255 g/mol. The maximum absolute atomic E-state index is 5.61. The summed E-state index contributed by atoms with van der Waals surface area (Å²) in [6, 6.07) is 0. The van der Waals surface area contributed by atoms with E-state index in [1.165, 1.54) is 12.8 Å². The summed E-state index contributed by atoms with van der Waals surface area (Å²) in [5.41, 5.74) is 0. The van der Waals surface area contributed by atoms with Crippen molar-refractivity contribution in [3.05, 3.63) is 0 Å². The third-order valence-corrected chi connectivity index (χ3v) is 2.98. The summed E-state index contributed by atoms with van der Waals surface area (Å²) < 4.78 is 12.1.